The molecule has 0 saturated heterocycles. The molecule has 0 unspecified atom stereocenters. The van der Waals surface area contributed by atoms with Crippen LogP contribution in [-0.2, 0) is 0 Å². The summed E-state index contributed by atoms with van der Waals surface area (Å²) in [5.74, 6) is 0. The number of hydrogen-bond acceptors (Lipinski definition) is 2. The molecule has 0 amide bonds. The normalized spacial score (nSPS) is 11.5. The molecular weight excluding hydrogens is 186 g/mol. The van der Waals surface area contributed by atoms with Gasteiger partial charge < -0.3 is 10.5 Å². The van der Waals surface area contributed by atoms with Gasteiger partial charge in [-0.25, -0.2) is 0 Å². The molecule has 0 aliphatic rings. The molecule has 15 heavy (non-hydrogen) atoms. The molecule has 1 rings (SSSR count). The third-order valence-corrected chi connectivity index (χ3v) is 2.28. The Morgan fingerprint density at radius 1 is 1.33 bits per heavy atom. The van der Waals surface area contributed by atoms with E-state index in [4.69, 9.17) is 10.5 Å². The molecule has 0 bridgehead atoms. The van der Waals surface area contributed by atoms with E-state index in [9.17, 15) is 0 Å². The van der Waals surface area contributed by atoms with Crippen molar-refractivity contribution in [1.29, 1.82) is 5.41 Å². The molecule has 0 aliphatic heterocycles. The van der Waals surface area contributed by atoms with Gasteiger partial charge in [-0.15, -0.1) is 0 Å². The Morgan fingerprint density at radius 2 is 1.93 bits per heavy atom. The van der Waals surface area contributed by atoms with Crippen molar-refractivity contribution < 1.29 is 5.11 Å². The summed E-state index contributed by atoms with van der Waals surface area (Å²) in [7, 11) is 0. The summed E-state index contributed by atoms with van der Waals surface area (Å²) in [6, 6.07) is 8.21. The van der Waals surface area contributed by atoms with Gasteiger partial charge in [-0.05, 0) is 31.1 Å². The molecule has 0 aliphatic carbocycles. The highest BCUT2D eigenvalue weighted by Gasteiger charge is 1.97. The summed E-state index contributed by atoms with van der Waals surface area (Å²) < 4.78 is 0. The van der Waals surface area contributed by atoms with Gasteiger partial charge in [-0.3, -0.25) is 0 Å². The predicted octanol–water partition coefficient (Wildman–Crippen LogP) is 2.80. The van der Waals surface area contributed by atoms with Crippen LogP contribution in [0.1, 0.15) is 24.5 Å². The number of hydrogen-bond donors (Lipinski definition) is 2. The first-order valence-corrected chi connectivity index (χ1v) is 5.07. The molecule has 80 valence electrons. The lowest BCUT2D eigenvalue weighted by molar-refractivity contribution is 0.307. The van der Waals surface area contributed by atoms with Gasteiger partial charge in [0.15, 0.2) is 0 Å². The number of aliphatic hydroxyl groups is 1. The van der Waals surface area contributed by atoms with Gasteiger partial charge in [0.25, 0.3) is 0 Å². The first kappa shape index (κ1) is 11.7. The third kappa shape index (κ3) is 3.68. The smallest absolute Gasteiger partial charge is 0.0486 e. The van der Waals surface area contributed by atoms with Gasteiger partial charge in [-0.2, -0.15) is 0 Å². The lowest BCUT2D eigenvalue weighted by Crippen LogP contribution is -1.96. The van der Waals surface area contributed by atoms with E-state index in [0.29, 0.717) is 12.1 Å². The number of aryl methyl sites for hydroxylation is 1. The van der Waals surface area contributed by atoms with Crippen LogP contribution in [0, 0.1) is 12.3 Å². The first-order valence-electron chi connectivity index (χ1n) is 5.07. The molecule has 0 aromatic heterocycles. The van der Waals surface area contributed by atoms with Crippen molar-refractivity contribution in [1.82, 2.24) is 0 Å². The van der Waals surface area contributed by atoms with Gasteiger partial charge in [0.05, 0.1) is 0 Å². The molecule has 0 radical (unpaired) electrons. The average molecular weight is 203 g/mol. The van der Waals surface area contributed by atoms with Crippen molar-refractivity contribution in [3.63, 3.8) is 0 Å². The summed E-state index contributed by atoms with van der Waals surface area (Å²) in [5, 5.41) is 16.3. The van der Waals surface area contributed by atoms with Gasteiger partial charge in [0.1, 0.15) is 0 Å². The molecule has 0 fully saturated rings. The fraction of sp³-hybridized carbons (Fsp3) is 0.308. The molecule has 0 heterocycles. The summed E-state index contributed by atoms with van der Waals surface area (Å²) in [6.45, 7) is 4.07. The van der Waals surface area contributed by atoms with Crippen LogP contribution in [0.25, 0.3) is 5.57 Å². The molecular formula is C13H17NO. The van der Waals surface area contributed by atoms with Crippen LogP contribution in [0.2, 0.25) is 0 Å². The Bertz CT molecular complexity index is 363. The Kier molecular flexibility index (Phi) is 4.25. The number of aliphatic hydroxyl groups excluding tert-OH is 1. The Morgan fingerprint density at radius 3 is 2.47 bits per heavy atom. The Balaban J connectivity index is 2.79. The van der Waals surface area contributed by atoms with Crippen LogP contribution < -0.4 is 0 Å². The second-order valence-electron chi connectivity index (χ2n) is 3.69. The molecule has 2 N–H and O–H groups in total. The second-order valence-corrected chi connectivity index (χ2v) is 3.69. The zero-order chi connectivity index (χ0) is 11.3. The van der Waals surface area contributed by atoms with Crippen LogP contribution in [0.15, 0.2) is 30.3 Å². The molecule has 2 heteroatoms. The largest absolute Gasteiger partial charge is 0.396 e. The van der Waals surface area contributed by atoms with Crippen molar-refractivity contribution in [2.75, 3.05) is 6.61 Å². The van der Waals surface area contributed by atoms with E-state index in [2.05, 4.69) is 19.1 Å². The van der Waals surface area contributed by atoms with E-state index >= 15 is 0 Å². The van der Waals surface area contributed by atoms with Crippen molar-refractivity contribution in [2.24, 2.45) is 0 Å². The molecule has 2 nitrogen and oxygen atoms in total. The van der Waals surface area contributed by atoms with E-state index in [1.54, 1.807) is 6.08 Å². The summed E-state index contributed by atoms with van der Waals surface area (Å²) in [5.41, 5.74) is 3.89. The minimum atomic E-state index is 0.0382. The van der Waals surface area contributed by atoms with Gasteiger partial charge in [0.2, 0.25) is 0 Å². The molecule has 1 aromatic rings. The van der Waals surface area contributed by atoms with E-state index < -0.39 is 0 Å². The van der Waals surface area contributed by atoms with Crippen molar-refractivity contribution in [3.8, 4) is 0 Å². The molecule has 1 aromatic carbocycles. The topological polar surface area (TPSA) is 44.1 Å². The second kappa shape index (κ2) is 5.47. The van der Waals surface area contributed by atoms with Gasteiger partial charge >= 0.3 is 0 Å². The molecule has 0 atom stereocenters. The standard InChI is InChI=1S/C13H17NO/c1-10-3-5-12(6-4-10)11(2)9-13(14)7-8-15/h3-6,9,14-15H,7-8H2,1-2H3/b11-9+,14-13?. The summed E-state index contributed by atoms with van der Waals surface area (Å²) in [4.78, 5) is 0. The van der Waals surface area contributed by atoms with Crippen LogP contribution in [0.5, 0.6) is 0 Å². The fourth-order valence-electron chi connectivity index (χ4n) is 1.35. The van der Waals surface area contributed by atoms with E-state index in [1.165, 1.54) is 5.56 Å². The Hall–Kier alpha value is -1.41. The van der Waals surface area contributed by atoms with Crippen LogP contribution in [0.4, 0.5) is 0 Å². The fourth-order valence-corrected chi connectivity index (χ4v) is 1.35. The van der Waals surface area contributed by atoms with E-state index in [1.807, 2.05) is 19.1 Å². The lowest BCUT2D eigenvalue weighted by atomic mass is 10.0. The average Bonchev–Trinajstić information content (AvgIpc) is 2.18. The minimum absolute atomic E-state index is 0.0382. The maximum Gasteiger partial charge on any atom is 0.0486 e. The van der Waals surface area contributed by atoms with Crippen LogP contribution in [0.3, 0.4) is 0 Å². The maximum absolute atomic E-state index is 8.69. The number of rotatable bonds is 4. The van der Waals surface area contributed by atoms with E-state index in [-0.39, 0.29) is 6.61 Å². The van der Waals surface area contributed by atoms with Crippen LogP contribution in [-0.4, -0.2) is 17.4 Å². The molecule has 0 spiro atoms. The molecule has 0 saturated carbocycles. The lowest BCUT2D eigenvalue weighted by Gasteiger charge is -2.02. The number of benzene rings is 1. The van der Waals surface area contributed by atoms with Crippen molar-refractivity contribution in [3.05, 3.63) is 41.5 Å². The van der Waals surface area contributed by atoms with Crippen molar-refractivity contribution in [2.45, 2.75) is 20.3 Å². The van der Waals surface area contributed by atoms with Gasteiger partial charge in [0, 0.05) is 18.7 Å². The highest BCUT2D eigenvalue weighted by Crippen LogP contribution is 2.14. The highest BCUT2D eigenvalue weighted by atomic mass is 16.2. The van der Waals surface area contributed by atoms with Gasteiger partial charge in [-0.1, -0.05) is 29.8 Å². The summed E-state index contributed by atoms with van der Waals surface area (Å²) >= 11 is 0. The number of allylic oxidation sites excluding steroid dienone is 2. The number of nitrogens with one attached hydrogen (secondary N) is 1. The van der Waals surface area contributed by atoms with Crippen LogP contribution >= 0.6 is 0 Å². The third-order valence-electron chi connectivity index (χ3n) is 2.28. The van der Waals surface area contributed by atoms with Crippen molar-refractivity contribution >= 4 is 11.3 Å². The van der Waals surface area contributed by atoms with E-state index in [0.717, 1.165) is 11.1 Å². The zero-order valence-electron chi connectivity index (χ0n) is 9.25. The quantitative estimate of drug-likeness (QED) is 0.726. The first-order chi connectivity index (χ1) is 7.13. The minimum Gasteiger partial charge on any atom is -0.396 e. The Labute approximate surface area is 90.8 Å². The predicted molar refractivity (Wildman–Crippen MR) is 64.3 cm³/mol. The SMILES string of the molecule is C/C(=C\C(=N)CCO)c1ccc(C)cc1. The monoisotopic (exact) mass is 203 g/mol. The zero-order valence-corrected chi connectivity index (χ0v) is 9.25. The maximum atomic E-state index is 8.69. The highest BCUT2D eigenvalue weighted by molar-refractivity contribution is 5.98. The summed E-state index contributed by atoms with van der Waals surface area (Å²) in [6.07, 6.45) is 2.23.